The molecule has 2 rings (SSSR count). The van der Waals surface area contributed by atoms with Gasteiger partial charge < -0.3 is 14.2 Å². The Bertz CT molecular complexity index is 647. The lowest BCUT2D eigenvalue weighted by Gasteiger charge is -2.10. The van der Waals surface area contributed by atoms with Gasteiger partial charge in [0, 0.05) is 17.9 Å². The molecule has 0 unspecified atom stereocenters. The first kappa shape index (κ1) is 15.5. The normalized spacial score (nSPS) is 14.7. The predicted molar refractivity (Wildman–Crippen MR) is 75.6 cm³/mol. The van der Waals surface area contributed by atoms with E-state index in [1.54, 1.807) is 18.2 Å². The maximum Gasteiger partial charge on any atom is 0.302 e. The molecule has 114 valence electrons. The first-order valence-corrected chi connectivity index (χ1v) is 7.95. The monoisotopic (exact) mass is 312 g/mol. The fourth-order valence-electron chi connectivity index (χ4n) is 1.85. The molecule has 21 heavy (non-hydrogen) atoms. The summed E-state index contributed by atoms with van der Waals surface area (Å²) in [6, 6.07) is 4.90. The molecule has 1 aliphatic rings. The maximum absolute atomic E-state index is 11.7. The van der Waals surface area contributed by atoms with Crippen LogP contribution >= 0.6 is 0 Å². The first-order valence-electron chi connectivity index (χ1n) is 6.41. The lowest BCUT2D eigenvalue weighted by Crippen LogP contribution is -2.12. The molecule has 0 spiro atoms. The smallest absolute Gasteiger partial charge is 0.302 e. The summed E-state index contributed by atoms with van der Waals surface area (Å²) >= 11 is 0. The van der Waals surface area contributed by atoms with Gasteiger partial charge in [0.05, 0.1) is 18.1 Å². The van der Waals surface area contributed by atoms with Gasteiger partial charge in [0.15, 0.2) is 0 Å². The summed E-state index contributed by atoms with van der Waals surface area (Å²) in [6.07, 6.45) is 1.53. The number of hydrogen-bond donors (Lipinski definition) is 0. The molecule has 0 bridgehead atoms. The molecule has 0 N–H and O–H groups in total. The van der Waals surface area contributed by atoms with Crippen LogP contribution in [0.5, 0.6) is 5.75 Å². The average Bonchev–Trinajstić information content (AvgIpc) is 2.74. The molecule has 1 heterocycles. The second kappa shape index (κ2) is 6.73. The second-order valence-corrected chi connectivity index (χ2v) is 6.12. The minimum atomic E-state index is -3.32. The maximum atomic E-state index is 11.7. The van der Waals surface area contributed by atoms with Crippen molar-refractivity contribution in [1.82, 2.24) is 0 Å². The minimum Gasteiger partial charge on any atom is -0.491 e. The number of ether oxygens (including phenoxy) is 3. The Morgan fingerprint density at radius 3 is 2.67 bits per heavy atom. The quantitative estimate of drug-likeness (QED) is 0.559. The van der Waals surface area contributed by atoms with Crippen LogP contribution in [0.25, 0.3) is 6.08 Å². The van der Waals surface area contributed by atoms with Crippen molar-refractivity contribution >= 4 is 21.9 Å². The molecule has 0 aromatic heterocycles. The summed E-state index contributed by atoms with van der Waals surface area (Å²) in [6.45, 7) is 2.44. The van der Waals surface area contributed by atoms with Gasteiger partial charge >= 0.3 is 5.97 Å². The molecule has 0 atom stereocenters. The number of carbonyl (C=O) groups is 1. The molecule has 0 aliphatic carbocycles. The molecular formula is C14H16O6S. The molecule has 1 aromatic carbocycles. The number of fused-ring (bicyclic) bond motifs is 1. The fraction of sp³-hybridized carbons (Fsp3) is 0.357. The lowest BCUT2D eigenvalue weighted by molar-refractivity contribution is -0.142. The summed E-state index contributed by atoms with van der Waals surface area (Å²) in [7, 11) is -3.32. The summed E-state index contributed by atoms with van der Waals surface area (Å²) in [5.74, 6) is 0.163. The van der Waals surface area contributed by atoms with Gasteiger partial charge in [-0.25, -0.2) is 8.42 Å². The highest BCUT2D eigenvalue weighted by Crippen LogP contribution is 2.33. The highest BCUT2D eigenvalue weighted by Gasteiger charge is 2.23. The Morgan fingerprint density at radius 2 is 1.90 bits per heavy atom. The van der Waals surface area contributed by atoms with E-state index in [1.165, 1.54) is 18.4 Å². The van der Waals surface area contributed by atoms with Crippen molar-refractivity contribution in [2.24, 2.45) is 0 Å². The number of rotatable bonds is 7. The topological polar surface area (TPSA) is 78.9 Å². The van der Waals surface area contributed by atoms with Crippen LogP contribution in [0, 0.1) is 0 Å². The van der Waals surface area contributed by atoms with E-state index in [-0.39, 0.29) is 24.1 Å². The number of esters is 1. The molecule has 0 radical (unpaired) electrons. The van der Waals surface area contributed by atoms with E-state index in [9.17, 15) is 13.2 Å². The number of carbonyl (C=O) groups excluding carboxylic acids is 1. The Labute approximate surface area is 123 Å². The average molecular weight is 312 g/mol. The van der Waals surface area contributed by atoms with Gasteiger partial charge in [0.1, 0.15) is 19.0 Å². The van der Waals surface area contributed by atoms with E-state index in [4.69, 9.17) is 14.2 Å². The number of sulfone groups is 1. The van der Waals surface area contributed by atoms with Gasteiger partial charge in [0.2, 0.25) is 9.84 Å². The van der Waals surface area contributed by atoms with Crippen LogP contribution in [-0.2, 0) is 24.1 Å². The van der Waals surface area contributed by atoms with E-state index < -0.39 is 9.84 Å². The Balaban J connectivity index is 1.79. The van der Waals surface area contributed by atoms with Gasteiger partial charge in [-0.05, 0) is 18.2 Å². The highest BCUT2D eigenvalue weighted by atomic mass is 32.2. The Kier molecular flexibility index (Phi) is 4.98. The van der Waals surface area contributed by atoms with Crippen molar-refractivity contribution in [2.45, 2.75) is 11.8 Å². The van der Waals surface area contributed by atoms with Gasteiger partial charge in [0.25, 0.3) is 0 Å². The molecule has 0 fully saturated rings. The Morgan fingerprint density at radius 1 is 1.14 bits per heavy atom. The van der Waals surface area contributed by atoms with Crippen molar-refractivity contribution < 1.29 is 27.4 Å². The molecule has 1 aliphatic heterocycles. The third-order valence-corrected chi connectivity index (χ3v) is 4.23. The van der Waals surface area contributed by atoms with Gasteiger partial charge in [-0.2, -0.15) is 0 Å². The standard InChI is InChI=1S/C14H16O6S/c1-11(15)19-8-6-18-7-9-20-13-3-2-4-14-12(13)5-10-21(14,16)17/h2-5,10H,6-9H2,1H3. The van der Waals surface area contributed by atoms with Crippen LogP contribution in [0.1, 0.15) is 12.5 Å². The first-order chi connectivity index (χ1) is 10.0. The van der Waals surface area contributed by atoms with Crippen molar-refractivity contribution in [3.63, 3.8) is 0 Å². The van der Waals surface area contributed by atoms with Crippen LogP contribution in [0.2, 0.25) is 0 Å². The molecule has 0 amide bonds. The zero-order valence-corrected chi connectivity index (χ0v) is 12.4. The highest BCUT2D eigenvalue weighted by molar-refractivity contribution is 7.94. The predicted octanol–water partition coefficient (Wildman–Crippen LogP) is 1.40. The summed E-state index contributed by atoms with van der Waals surface area (Å²) in [4.78, 5) is 10.8. The number of hydrogen-bond acceptors (Lipinski definition) is 6. The van der Waals surface area contributed by atoms with Crippen LogP contribution in [0.3, 0.4) is 0 Å². The zero-order valence-electron chi connectivity index (χ0n) is 11.6. The van der Waals surface area contributed by atoms with Crippen molar-refractivity contribution in [3.8, 4) is 5.75 Å². The van der Waals surface area contributed by atoms with Crippen LogP contribution in [-0.4, -0.2) is 40.8 Å². The van der Waals surface area contributed by atoms with Gasteiger partial charge in [-0.1, -0.05) is 6.07 Å². The van der Waals surface area contributed by atoms with Gasteiger partial charge in [-0.3, -0.25) is 4.79 Å². The van der Waals surface area contributed by atoms with E-state index in [1.807, 2.05) is 0 Å². The summed E-state index contributed by atoms with van der Waals surface area (Å²) in [5.41, 5.74) is 0.567. The molecular weight excluding hydrogens is 296 g/mol. The second-order valence-electron chi connectivity index (χ2n) is 4.32. The number of benzene rings is 1. The van der Waals surface area contributed by atoms with Crippen molar-refractivity contribution in [1.29, 1.82) is 0 Å². The third-order valence-electron chi connectivity index (χ3n) is 2.76. The summed E-state index contributed by atoms with van der Waals surface area (Å²) in [5, 5.41) is 1.17. The fourth-order valence-corrected chi connectivity index (χ4v) is 3.06. The van der Waals surface area contributed by atoms with Crippen molar-refractivity contribution in [3.05, 3.63) is 29.2 Å². The minimum absolute atomic E-state index is 0.205. The molecule has 1 aromatic rings. The van der Waals surface area contributed by atoms with E-state index in [0.717, 1.165) is 0 Å². The molecule has 7 heteroatoms. The van der Waals surface area contributed by atoms with Crippen LogP contribution < -0.4 is 4.74 Å². The van der Waals surface area contributed by atoms with Crippen molar-refractivity contribution in [2.75, 3.05) is 26.4 Å². The van der Waals surface area contributed by atoms with E-state index >= 15 is 0 Å². The zero-order chi connectivity index (χ0) is 15.3. The summed E-state index contributed by atoms with van der Waals surface area (Å²) < 4.78 is 38.9. The van der Waals surface area contributed by atoms with Gasteiger partial charge in [-0.15, -0.1) is 0 Å². The largest absolute Gasteiger partial charge is 0.491 e. The molecule has 0 saturated heterocycles. The van der Waals surface area contributed by atoms with Crippen LogP contribution in [0.15, 0.2) is 28.5 Å². The third kappa shape index (κ3) is 4.05. The van der Waals surface area contributed by atoms with Crippen LogP contribution in [0.4, 0.5) is 0 Å². The lowest BCUT2D eigenvalue weighted by atomic mass is 10.2. The molecule has 6 nitrogen and oxygen atoms in total. The Hall–Kier alpha value is -1.86. The van der Waals surface area contributed by atoms with E-state index in [2.05, 4.69) is 0 Å². The SMILES string of the molecule is CC(=O)OCCOCCOc1cccc2c1C=CS2(=O)=O. The molecule has 0 saturated carbocycles. The van der Waals surface area contributed by atoms with E-state index in [0.29, 0.717) is 24.5 Å².